The van der Waals surface area contributed by atoms with E-state index in [0.29, 0.717) is 18.4 Å². The van der Waals surface area contributed by atoms with E-state index >= 15 is 0 Å². The van der Waals surface area contributed by atoms with E-state index in [1.165, 1.54) is 32.2 Å². The highest BCUT2D eigenvalue weighted by Crippen LogP contribution is 2.37. The summed E-state index contributed by atoms with van der Waals surface area (Å²) in [5, 5.41) is 9.70. The highest BCUT2D eigenvalue weighted by molar-refractivity contribution is 5.82. The summed E-state index contributed by atoms with van der Waals surface area (Å²) in [6.07, 6.45) is 7.19. The average Bonchev–Trinajstić information content (AvgIpc) is 2.77. The molecule has 1 aliphatic carbocycles. The van der Waals surface area contributed by atoms with Crippen LogP contribution in [0.25, 0.3) is 0 Å². The second-order valence-electron chi connectivity index (χ2n) is 11.7. The van der Waals surface area contributed by atoms with Crippen molar-refractivity contribution >= 4 is 11.8 Å². The standard InChI is InChI=1S/C26H49N5O2/c1-18-12-19(2)29-26(33)24(18)16-28-25(32)23-13-22(14-27-15-23)21-8-6-20(7-9-21)17-31(5)11-10-30(3)4/h18-24,27H,6-17H2,1-5H3,(H,28,32)(H,29,33). The molecule has 3 rings (SSSR count). The van der Waals surface area contributed by atoms with Crippen molar-refractivity contribution in [2.75, 3.05) is 60.4 Å². The minimum absolute atomic E-state index is 0.0273. The lowest BCUT2D eigenvalue weighted by atomic mass is 9.72. The molecule has 3 N–H and O–H groups in total. The van der Waals surface area contributed by atoms with Gasteiger partial charge in [0.15, 0.2) is 0 Å². The summed E-state index contributed by atoms with van der Waals surface area (Å²) in [7, 11) is 6.53. The molecule has 0 aromatic heterocycles. The number of nitrogens with one attached hydrogen (secondary N) is 3. The summed E-state index contributed by atoms with van der Waals surface area (Å²) in [5.41, 5.74) is 0. The Hall–Kier alpha value is -1.18. The zero-order chi connectivity index (χ0) is 24.0. The lowest BCUT2D eigenvalue weighted by molar-refractivity contribution is -0.131. The maximum atomic E-state index is 12.9. The van der Waals surface area contributed by atoms with Gasteiger partial charge < -0.3 is 25.8 Å². The first-order valence-electron chi connectivity index (χ1n) is 13.3. The van der Waals surface area contributed by atoms with Gasteiger partial charge >= 0.3 is 0 Å². The van der Waals surface area contributed by atoms with Gasteiger partial charge in [-0.2, -0.15) is 0 Å². The zero-order valence-electron chi connectivity index (χ0n) is 21.7. The zero-order valence-corrected chi connectivity index (χ0v) is 21.7. The van der Waals surface area contributed by atoms with Crippen LogP contribution in [-0.4, -0.2) is 88.1 Å². The van der Waals surface area contributed by atoms with Gasteiger partial charge in [0.05, 0.1) is 11.8 Å². The van der Waals surface area contributed by atoms with Gasteiger partial charge in [0.1, 0.15) is 0 Å². The molecule has 0 bridgehead atoms. The SMILES string of the molecule is CC1CC(C)C(CNC(=O)C2CNCC(C3CCC(CN(C)CCN(C)C)CC3)C2)C(=O)N1. The highest BCUT2D eigenvalue weighted by atomic mass is 16.2. The fraction of sp³-hybridized carbons (Fsp3) is 0.923. The topological polar surface area (TPSA) is 76.7 Å². The molecule has 0 spiro atoms. The number of likely N-dealkylation sites (N-methyl/N-ethyl adjacent to an activating group) is 2. The number of rotatable bonds is 9. The Bertz CT molecular complexity index is 634. The van der Waals surface area contributed by atoms with E-state index in [1.54, 1.807) is 0 Å². The summed E-state index contributed by atoms with van der Waals surface area (Å²) in [4.78, 5) is 30.0. The summed E-state index contributed by atoms with van der Waals surface area (Å²) < 4.78 is 0. The van der Waals surface area contributed by atoms with Crippen molar-refractivity contribution in [2.45, 2.75) is 58.4 Å². The van der Waals surface area contributed by atoms with Gasteiger partial charge in [0, 0.05) is 38.8 Å². The molecule has 2 saturated heterocycles. The molecule has 1 saturated carbocycles. The molecule has 2 amide bonds. The Kier molecular flexibility index (Phi) is 10.0. The second-order valence-corrected chi connectivity index (χ2v) is 11.7. The van der Waals surface area contributed by atoms with Crippen molar-refractivity contribution in [3.8, 4) is 0 Å². The number of hydrogen-bond acceptors (Lipinski definition) is 5. The van der Waals surface area contributed by atoms with Crippen LogP contribution >= 0.6 is 0 Å². The molecule has 3 aliphatic rings. The predicted molar refractivity (Wildman–Crippen MR) is 134 cm³/mol. The fourth-order valence-electron chi connectivity index (χ4n) is 6.32. The molecule has 33 heavy (non-hydrogen) atoms. The number of piperidine rings is 2. The summed E-state index contributed by atoms with van der Waals surface area (Å²) in [5.74, 6) is 2.59. The number of hydrogen-bond donors (Lipinski definition) is 3. The van der Waals surface area contributed by atoms with E-state index in [4.69, 9.17) is 0 Å². The Morgan fingerprint density at radius 1 is 1.00 bits per heavy atom. The Morgan fingerprint density at radius 3 is 2.39 bits per heavy atom. The number of carbonyl (C=O) groups is 2. The molecule has 0 aromatic carbocycles. The molecule has 2 heterocycles. The van der Waals surface area contributed by atoms with Crippen LogP contribution in [0.3, 0.4) is 0 Å². The first-order valence-corrected chi connectivity index (χ1v) is 13.3. The lowest BCUT2D eigenvalue weighted by Gasteiger charge is -2.39. The minimum Gasteiger partial charge on any atom is -0.355 e. The van der Waals surface area contributed by atoms with Crippen LogP contribution in [0.1, 0.15) is 52.4 Å². The number of carbonyl (C=O) groups excluding carboxylic acids is 2. The van der Waals surface area contributed by atoms with Crippen molar-refractivity contribution < 1.29 is 9.59 Å². The van der Waals surface area contributed by atoms with Crippen LogP contribution in [0.15, 0.2) is 0 Å². The maximum Gasteiger partial charge on any atom is 0.225 e. The quantitative estimate of drug-likeness (QED) is 0.486. The van der Waals surface area contributed by atoms with Crippen molar-refractivity contribution in [1.82, 2.24) is 25.8 Å². The van der Waals surface area contributed by atoms with E-state index in [2.05, 4.69) is 53.8 Å². The van der Waals surface area contributed by atoms with Crippen molar-refractivity contribution in [3.05, 3.63) is 0 Å². The Balaban J connectivity index is 1.39. The van der Waals surface area contributed by atoms with Gasteiger partial charge in [-0.1, -0.05) is 6.92 Å². The van der Waals surface area contributed by atoms with Crippen LogP contribution in [0.5, 0.6) is 0 Å². The Morgan fingerprint density at radius 2 is 1.73 bits per heavy atom. The molecule has 5 atom stereocenters. The monoisotopic (exact) mass is 463 g/mol. The van der Waals surface area contributed by atoms with Crippen molar-refractivity contribution in [2.24, 2.45) is 35.5 Å². The molecule has 2 aliphatic heterocycles. The number of nitrogens with zero attached hydrogens (tertiary/aromatic N) is 2. The van der Waals surface area contributed by atoms with Gasteiger partial charge in [-0.15, -0.1) is 0 Å². The maximum absolute atomic E-state index is 12.9. The number of amides is 2. The molecule has 190 valence electrons. The predicted octanol–water partition coefficient (Wildman–Crippen LogP) is 1.79. The van der Waals surface area contributed by atoms with Gasteiger partial charge in [0.2, 0.25) is 11.8 Å². The van der Waals surface area contributed by atoms with Crippen LogP contribution < -0.4 is 16.0 Å². The Labute approximate surface area is 201 Å². The molecular weight excluding hydrogens is 414 g/mol. The van der Waals surface area contributed by atoms with Crippen molar-refractivity contribution in [1.29, 1.82) is 0 Å². The average molecular weight is 464 g/mol. The largest absolute Gasteiger partial charge is 0.355 e. The van der Waals surface area contributed by atoms with Gasteiger partial charge in [-0.3, -0.25) is 9.59 Å². The van der Waals surface area contributed by atoms with E-state index in [0.717, 1.165) is 50.9 Å². The summed E-state index contributed by atoms with van der Waals surface area (Å²) >= 11 is 0. The van der Waals surface area contributed by atoms with Crippen LogP contribution in [0.2, 0.25) is 0 Å². The second kappa shape index (κ2) is 12.5. The first kappa shape index (κ1) is 26.4. The molecule has 7 nitrogen and oxygen atoms in total. The van der Waals surface area contributed by atoms with Crippen molar-refractivity contribution in [3.63, 3.8) is 0 Å². The molecule has 3 fully saturated rings. The fourth-order valence-corrected chi connectivity index (χ4v) is 6.32. The van der Waals surface area contributed by atoms with E-state index in [1.807, 2.05) is 6.92 Å². The third kappa shape index (κ3) is 7.93. The first-order chi connectivity index (χ1) is 15.7. The molecule has 0 aromatic rings. The summed E-state index contributed by atoms with van der Waals surface area (Å²) in [6, 6.07) is 0.233. The van der Waals surface area contributed by atoms with Gasteiger partial charge in [-0.25, -0.2) is 0 Å². The third-order valence-corrected chi connectivity index (χ3v) is 8.45. The molecule has 0 radical (unpaired) electrons. The normalized spacial score (nSPS) is 35.5. The lowest BCUT2D eigenvalue weighted by Crippen LogP contribution is -2.52. The smallest absolute Gasteiger partial charge is 0.225 e. The van der Waals surface area contributed by atoms with E-state index < -0.39 is 0 Å². The highest BCUT2D eigenvalue weighted by Gasteiger charge is 2.36. The summed E-state index contributed by atoms with van der Waals surface area (Å²) in [6.45, 7) is 9.91. The van der Waals surface area contributed by atoms with Crippen LogP contribution in [0, 0.1) is 35.5 Å². The minimum atomic E-state index is -0.108. The van der Waals surface area contributed by atoms with Crippen LogP contribution in [-0.2, 0) is 9.59 Å². The molecular formula is C26H49N5O2. The van der Waals surface area contributed by atoms with E-state index in [-0.39, 0.29) is 29.7 Å². The van der Waals surface area contributed by atoms with Crippen LogP contribution in [0.4, 0.5) is 0 Å². The van der Waals surface area contributed by atoms with E-state index in [9.17, 15) is 9.59 Å². The van der Waals surface area contributed by atoms with Gasteiger partial charge in [0.25, 0.3) is 0 Å². The third-order valence-electron chi connectivity index (χ3n) is 8.45. The molecule has 5 unspecified atom stereocenters. The van der Waals surface area contributed by atoms with Gasteiger partial charge in [-0.05, 0) is 96.8 Å². The molecule has 7 heteroatoms.